The summed E-state index contributed by atoms with van der Waals surface area (Å²) in [5.74, 6) is -0.980. The fourth-order valence-electron chi connectivity index (χ4n) is 2.54. The minimum atomic E-state index is -0.517. The molecule has 0 radical (unpaired) electrons. The lowest BCUT2D eigenvalue weighted by Gasteiger charge is -2.23. The van der Waals surface area contributed by atoms with E-state index in [-0.39, 0.29) is 24.8 Å². The summed E-state index contributed by atoms with van der Waals surface area (Å²) in [6.07, 6.45) is 0.0179. The van der Waals surface area contributed by atoms with E-state index in [0.29, 0.717) is 10.6 Å². The second kappa shape index (κ2) is 7.92. The van der Waals surface area contributed by atoms with Gasteiger partial charge in [-0.3, -0.25) is 9.59 Å². The number of aryl methyl sites for hydroxylation is 1. The smallest absolute Gasteiger partial charge is 0.341 e. The van der Waals surface area contributed by atoms with Gasteiger partial charge in [0.25, 0.3) is 0 Å². The number of hydrogen-bond donors (Lipinski definition) is 2. The van der Waals surface area contributed by atoms with Crippen LogP contribution in [0.25, 0.3) is 0 Å². The number of para-hydroxylation sites is 1. The molecule has 1 aromatic heterocycles. The van der Waals surface area contributed by atoms with Crippen LogP contribution in [-0.2, 0) is 14.3 Å². The predicted molar refractivity (Wildman–Crippen MR) is 103 cm³/mol. The molecule has 0 saturated heterocycles. The molecular formula is C18H18N2O4S2. The summed E-state index contributed by atoms with van der Waals surface area (Å²) in [5, 5.41) is 5.50. The number of hydrogen-bond acceptors (Lipinski definition) is 6. The van der Waals surface area contributed by atoms with Crippen molar-refractivity contribution in [3.05, 3.63) is 40.8 Å². The number of fused-ring (bicyclic) bond motifs is 1. The zero-order chi connectivity index (χ0) is 18.7. The maximum atomic E-state index is 12.4. The molecule has 1 atom stereocenters. The summed E-state index contributed by atoms with van der Waals surface area (Å²) < 4.78 is 5.02. The van der Waals surface area contributed by atoms with E-state index in [1.807, 2.05) is 31.2 Å². The first-order valence-corrected chi connectivity index (χ1v) is 9.81. The SMILES string of the molecule is CCOC(=O)c1cc(C)sc1NC(=O)CC1Sc2ccccc2NC1=O. The Morgan fingerprint density at radius 3 is 2.85 bits per heavy atom. The van der Waals surface area contributed by atoms with Crippen molar-refractivity contribution in [2.75, 3.05) is 17.2 Å². The fraction of sp³-hybridized carbons (Fsp3) is 0.278. The summed E-state index contributed by atoms with van der Waals surface area (Å²) in [5.41, 5.74) is 1.10. The third kappa shape index (κ3) is 4.08. The zero-order valence-electron chi connectivity index (χ0n) is 14.3. The van der Waals surface area contributed by atoms with Crippen LogP contribution in [0.5, 0.6) is 0 Å². The second-order valence-corrected chi connectivity index (χ2v) is 8.17. The molecule has 0 aliphatic carbocycles. The Labute approximate surface area is 159 Å². The summed E-state index contributed by atoms with van der Waals surface area (Å²) >= 11 is 2.67. The van der Waals surface area contributed by atoms with Crippen LogP contribution < -0.4 is 10.6 Å². The summed E-state index contributed by atoms with van der Waals surface area (Å²) in [6, 6.07) is 9.17. The lowest BCUT2D eigenvalue weighted by molar-refractivity contribution is -0.120. The topological polar surface area (TPSA) is 84.5 Å². The van der Waals surface area contributed by atoms with Crippen molar-refractivity contribution in [2.45, 2.75) is 30.4 Å². The minimum absolute atomic E-state index is 0.0179. The molecular weight excluding hydrogens is 372 g/mol. The number of carbonyl (C=O) groups is 3. The summed E-state index contributed by atoms with van der Waals surface area (Å²) in [7, 11) is 0. The highest BCUT2D eigenvalue weighted by Crippen LogP contribution is 2.37. The molecule has 6 nitrogen and oxygen atoms in total. The van der Waals surface area contributed by atoms with Crippen molar-refractivity contribution in [3.63, 3.8) is 0 Å². The number of esters is 1. The van der Waals surface area contributed by atoms with E-state index in [1.54, 1.807) is 13.0 Å². The molecule has 0 spiro atoms. The van der Waals surface area contributed by atoms with E-state index in [0.717, 1.165) is 15.5 Å². The largest absolute Gasteiger partial charge is 0.462 e. The van der Waals surface area contributed by atoms with Crippen molar-refractivity contribution in [1.29, 1.82) is 0 Å². The fourth-order valence-corrected chi connectivity index (χ4v) is 4.57. The van der Waals surface area contributed by atoms with Crippen LogP contribution in [0.1, 0.15) is 28.6 Å². The number of carbonyl (C=O) groups excluding carboxylic acids is 3. The molecule has 8 heteroatoms. The summed E-state index contributed by atoms with van der Waals surface area (Å²) in [4.78, 5) is 38.5. The highest BCUT2D eigenvalue weighted by atomic mass is 32.2. The van der Waals surface area contributed by atoms with Crippen molar-refractivity contribution < 1.29 is 19.1 Å². The highest BCUT2D eigenvalue weighted by molar-refractivity contribution is 8.01. The monoisotopic (exact) mass is 390 g/mol. The quantitative estimate of drug-likeness (QED) is 0.761. The van der Waals surface area contributed by atoms with Gasteiger partial charge in [-0.25, -0.2) is 4.79 Å². The molecule has 26 heavy (non-hydrogen) atoms. The zero-order valence-corrected chi connectivity index (χ0v) is 16.0. The number of anilines is 2. The van der Waals surface area contributed by atoms with Gasteiger partial charge in [0.1, 0.15) is 5.00 Å². The lowest BCUT2D eigenvalue weighted by atomic mass is 10.2. The van der Waals surface area contributed by atoms with Crippen LogP contribution in [0.4, 0.5) is 10.7 Å². The lowest BCUT2D eigenvalue weighted by Crippen LogP contribution is -2.32. The van der Waals surface area contributed by atoms with Crippen molar-refractivity contribution in [3.8, 4) is 0 Å². The molecule has 1 aliphatic heterocycles. The number of thioether (sulfide) groups is 1. The van der Waals surface area contributed by atoms with Gasteiger partial charge in [0.15, 0.2) is 0 Å². The van der Waals surface area contributed by atoms with Crippen LogP contribution in [0.3, 0.4) is 0 Å². The van der Waals surface area contributed by atoms with Gasteiger partial charge >= 0.3 is 5.97 Å². The van der Waals surface area contributed by atoms with E-state index in [2.05, 4.69) is 10.6 Å². The Morgan fingerprint density at radius 1 is 1.31 bits per heavy atom. The molecule has 0 fully saturated rings. The van der Waals surface area contributed by atoms with Crippen molar-refractivity contribution in [1.82, 2.24) is 0 Å². The maximum absolute atomic E-state index is 12.4. The first kappa shape index (κ1) is 18.5. The molecule has 1 aromatic carbocycles. The Bertz CT molecular complexity index is 863. The van der Waals surface area contributed by atoms with Gasteiger partial charge in [0.2, 0.25) is 11.8 Å². The van der Waals surface area contributed by atoms with Gasteiger partial charge in [0, 0.05) is 16.2 Å². The summed E-state index contributed by atoms with van der Waals surface area (Å²) in [6.45, 7) is 3.84. The van der Waals surface area contributed by atoms with E-state index in [9.17, 15) is 14.4 Å². The molecule has 2 heterocycles. The van der Waals surface area contributed by atoms with Gasteiger partial charge in [-0.1, -0.05) is 12.1 Å². The molecule has 0 bridgehead atoms. The number of amides is 2. The third-order valence-corrected chi connectivity index (χ3v) is 5.92. The predicted octanol–water partition coefficient (Wildman–Crippen LogP) is 3.67. The molecule has 2 N–H and O–H groups in total. The van der Waals surface area contributed by atoms with Crippen LogP contribution in [0, 0.1) is 6.92 Å². The first-order chi connectivity index (χ1) is 12.5. The molecule has 136 valence electrons. The van der Waals surface area contributed by atoms with Gasteiger partial charge in [-0.2, -0.15) is 0 Å². The van der Waals surface area contributed by atoms with E-state index in [1.165, 1.54) is 23.1 Å². The standard InChI is InChI=1S/C18H18N2O4S2/c1-3-24-18(23)11-8-10(2)25-17(11)20-15(21)9-14-16(22)19-12-6-4-5-7-13(12)26-14/h4-8,14H,3,9H2,1-2H3,(H,19,22)(H,20,21). The normalized spacial score (nSPS) is 15.8. The second-order valence-electron chi connectivity index (χ2n) is 5.66. The third-order valence-electron chi connectivity index (χ3n) is 3.68. The number of thiophene rings is 1. The Kier molecular flexibility index (Phi) is 5.63. The highest BCUT2D eigenvalue weighted by Gasteiger charge is 2.29. The Hall–Kier alpha value is -2.32. The van der Waals surface area contributed by atoms with E-state index >= 15 is 0 Å². The Morgan fingerprint density at radius 2 is 2.08 bits per heavy atom. The van der Waals surface area contributed by atoms with Crippen molar-refractivity contribution >= 4 is 51.6 Å². The average Bonchev–Trinajstić information content (AvgIpc) is 2.96. The van der Waals surface area contributed by atoms with E-state index < -0.39 is 11.2 Å². The average molecular weight is 390 g/mol. The van der Waals surface area contributed by atoms with Gasteiger partial charge in [-0.15, -0.1) is 23.1 Å². The molecule has 0 saturated carbocycles. The molecule has 3 rings (SSSR count). The van der Waals surface area contributed by atoms with Gasteiger partial charge in [0.05, 0.1) is 23.1 Å². The van der Waals surface area contributed by atoms with Crippen LogP contribution in [0.15, 0.2) is 35.2 Å². The van der Waals surface area contributed by atoms with Gasteiger partial charge in [-0.05, 0) is 32.0 Å². The van der Waals surface area contributed by atoms with Crippen molar-refractivity contribution in [2.24, 2.45) is 0 Å². The van der Waals surface area contributed by atoms with Crippen LogP contribution in [-0.4, -0.2) is 29.6 Å². The van der Waals surface area contributed by atoms with E-state index in [4.69, 9.17) is 4.74 Å². The van der Waals surface area contributed by atoms with Crippen LogP contribution in [0.2, 0.25) is 0 Å². The molecule has 2 amide bonds. The number of rotatable bonds is 5. The van der Waals surface area contributed by atoms with Crippen LogP contribution >= 0.6 is 23.1 Å². The minimum Gasteiger partial charge on any atom is -0.462 e. The molecule has 1 unspecified atom stereocenters. The number of benzene rings is 1. The Balaban J connectivity index is 1.68. The van der Waals surface area contributed by atoms with Gasteiger partial charge < -0.3 is 15.4 Å². The molecule has 2 aromatic rings. The maximum Gasteiger partial charge on any atom is 0.341 e. The molecule has 1 aliphatic rings. The first-order valence-electron chi connectivity index (χ1n) is 8.12. The number of ether oxygens (including phenoxy) is 1. The number of nitrogens with one attached hydrogen (secondary N) is 2.